The number of hydrogen-bond acceptors (Lipinski definition) is 8. The van der Waals surface area contributed by atoms with E-state index in [0.717, 1.165) is 18.9 Å². The Morgan fingerprint density at radius 3 is 1.79 bits per heavy atom. The van der Waals surface area contributed by atoms with Crippen LogP contribution in [0.3, 0.4) is 0 Å². The third-order valence-corrected chi connectivity index (χ3v) is 4.27. The maximum Gasteiger partial charge on any atom is 0.513 e. The fraction of sp³-hybridized carbons (Fsp3) is 0.250. The Kier molecular flexibility index (Phi) is 10.1. The van der Waals surface area contributed by atoms with Gasteiger partial charge in [-0.05, 0) is 74.2 Å². The fourth-order valence-electron chi connectivity index (χ4n) is 2.56. The summed E-state index contributed by atoms with van der Waals surface area (Å²) in [5.74, 6) is -1.77. The number of carbonyl (C=O) groups is 4. The summed E-state index contributed by atoms with van der Waals surface area (Å²) in [4.78, 5) is 45.7. The first-order valence-corrected chi connectivity index (χ1v) is 10.2. The van der Waals surface area contributed by atoms with Crippen molar-refractivity contribution in [3.63, 3.8) is 0 Å². The number of unbranched alkanes of at least 4 members (excludes halogenated alkanes) is 3. The average molecular weight is 456 g/mol. The number of carbonyl (C=O) groups excluding carboxylic acids is 3. The maximum atomic E-state index is 12.2. The van der Waals surface area contributed by atoms with Crippen molar-refractivity contribution in [2.24, 2.45) is 0 Å². The van der Waals surface area contributed by atoms with Crippen molar-refractivity contribution in [1.82, 2.24) is 0 Å². The van der Waals surface area contributed by atoms with Gasteiger partial charge in [0.25, 0.3) is 0 Å². The van der Waals surface area contributed by atoms with Gasteiger partial charge in [0, 0.05) is 6.08 Å². The molecule has 9 nitrogen and oxygen atoms in total. The highest BCUT2D eigenvalue weighted by Gasteiger charge is 2.11. The van der Waals surface area contributed by atoms with Gasteiger partial charge in [0.15, 0.2) is 0 Å². The van der Waals surface area contributed by atoms with Crippen molar-refractivity contribution in [2.45, 2.75) is 25.7 Å². The molecular weight excluding hydrogens is 432 g/mol. The second-order valence-electron chi connectivity index (χ2n) is 6.73. The first-order chi connectivity index (χ1) is 15.9. The van der Waals surface area contributed by atoms with E-state index >= 15 is 0 Å². The molecule has 0 aliphatic rings. The van der Waals surface area contributed by atoms with Crippen LogP contribution in [-0.2, 0) is 14.3 Å². The first kappa shape index (κ1) is 25.1. The first-order valence-electron chi connectivity index (χ1n) is 10.2. The lowest BCUT2D eigenvalue weighted by Crippen LogP contribution is -2.12. The van der Waals surface area contributed by atoms with Crippen LogP contribution in [0.2, 0.25) is 0 Å². The van der Waals surface area contributed by atoms with Crippen molar-refractivity contribution < 1.29 is 43.2 Å². The molecule has 0 aromatic heterocycles. The monoisotopic (exact) mass is 456 g/mol. The van der Waals surface area contributed by atoms with Gasteiger partial charge in [-0.25, -0.2) is 19.2 Å². The van der Waals surface area contributed by atoms with E-state index < -0.39 is 24.1 Å². The van der Waals surface area contributed by atoms with Crippen LogP contribution in [0.1, 0.15) is 46.4 Å². The molecule has 174 valence electrons. The van der Waals surface area contributed by atoms with Crippen molar-refractivity contribution >= 4 is 24.1 Å². The lowest BCUT2D eigenvalue weighted by molar-refractivity contribution is -0.137. The van der Waals surface area contributed by atoms with Crippen molar-refractivity contribution in [1.29, 1.82) is 0 Å². The Morgan fingerprint density at radius 2 is 1.24 bits per heavy atom. The van der Waals surface area contributed by atoms with Gasteiger partial charge in [0.1, 0.15) is 11.5 Å². The van der Waals surface area contributed by atoms with Crippen LogP contribution in [0.15, 0.2) is 61.2 Å². The molecule has 0 unspecified atom stereocenters. The van der Waals surface area contributed by atoms with Gasteiger partial charge in [0.05, 0.1) is 24.3 Å². The predicted molar refractivity (Wildman–Crippen MR) is 116 cm³/mol. The zero-order valence-corrected chi connectivity index (χ0v) is 17.9. The molecule has 9 heteroatoms. The van der Waals surface area contributed by atoms with Gasteiger partial charge >= 0.3 is 24.1 Å². The SMILES string of the molecule is C=CC(=O)OCCCCCCOC(=O)Oc1ccc(C(=O)Oc2ccc(C(=O)O)cc2)cc1. The molecule has 33 heavy (non-hydrogen) atoms. The Morgan fingerprint density at radius 1 is 0.727 bits per heavy atom. The van der Waals surface area contributed by atoms with E-state index in [9.17, 15) is 19.2 Å². The summed E-state index contributed by atoms with van der Waals surface area (Å²) >= 11 is 0. The van der Waals surface area contributed by atoms with Crippen LogP contribution >= 0.6 is 0 Å². The zero-order chi connectivity index (χ0) is 24.1. The quantitative estimate of drug-likeness (QED) is 0.162. The summed E-state index contributed by atoms with van der Waals surface area (Å²) in [7, 11) is 0. The molecule has 0 atom stereocenters. The van der Waals surface area contributed by atoms with E-state index in [1.165, 1.54) is 48.5 Å². The molecule has 2 aromatic rings. The Labute approximate surface area is 190 Å². The van der Waals surface area contributed by atoms with E-state index in [-0.39, 0.29) is 29.2 Å². The summed E-state index contributed by atoms with van der Waals surface area (Å²) in [6.45, 7) is 3.83. The van der Waals surface area contributed by atoms with Gasteiger partial charge in [-0.2, -0.15) is 0 Å². The molecule has 0 saturated heterocycles. The van der Waals surface area contributed by atoms with E-state index in [0.29, 0.717) is 19.4 Å². The van der Waals surface area contributed by atoms with Crippen molar-refractivity contribution in [3.05, 3.63) is 72.3 Å². The molecule has 1 N–H and O–H groups in total. The third kappa shape index (κ3) is 9.26. The molecule has 0 saturated carbocycles. The Balaban J connectivity index is 1.67. The number of carboxylic acids is 1. The molecule has 2 rings (SSSR count). The van der Waals surface area contributed by atoms with Crippen LogP contribution < -0.4 is 9.47 Å². The molecule has 0 radical (unpaired) electrons. The highest BCUT2D eigenvalue weighted by Crippen LogP contribution is 2.17. The summed E-state index contributed by atoms with van der Waals surface area (Å²) in [5, 5.41) is 8.88. The topological polar surface area (TPSA) is 125 Å². The van der Waals surface area contributed by atoms with Crippen molar-refractivity contribution in [2.75, 3.05) is 13.2 Å². The van der Waals surface area contributed by atoms with E-state index in [1.807, 2.05) is 0 Å². The van der Waals surface area contributed by atoms with Crippen LogP contribution in [0.25, 0.3) is 0 Å². The highest BCUT2D eigenvalue weighted by atomic mass is 16.7. The van der Waals surface area contributed by atoms with E-state index in [2.05, 4.69) is 6.58 Å². The molecule has 0 aliphatic heterocycles. The number of hydrogen-bond donors (Lipinski definition) is 1. The highest BCUT2D eigenvalue weighted by molar-refractivity contribution is 5.91. The second-order valence-corrected chi connectivity index (χ2v) is 6.73. The smallest absolute Gasteiger partial charge is 0.478 e. The van der Waals surface area contributed by atoms with Crippen LogP contribution in [0.5, 0.6) is 11.5 Å². The second kappa shape index (κ2) is 13.3. The molecule has 0 aliphatic carbocycles. The van der Waals surface area contributed by atoms with E-state index in [4.69, 9.17) is 24.1 Å². The molecule has 0 heterocycles. The molecule has 2 aromatic carbocycles. The fourth-order valence-corrected chi connectivity index (χ4v) is 2.56. The van der Waals surface area contributed by atoms with Gasteiger partial charge in [-0.15, -0.1) is 0 Å². The Bertz CT molecular complexity index is 962. The lowest BCUT2D eigenvalue weighted by Gasteiger charge is -2.07. The maximum absolute atomic E-state index is 12.2. The molecule has 0 fully saturated rings. The predicted octanol–water partition coefficient (Wildman–Crippen LogP) is 4.41. The number of carboxylic acid groups (broad SMARTS) is 1. The largest absolute Gasteiger partial charge is 0.513 e. The summed E-state index contributed by atoms with van der Waals surface area (Å²) < 4.78 is 20.1. The van der Waals surface area contributed by atoms with Gasteiger partial charge in [0.2, 0.25) is 0 Å². The molecular formula is C24H24O9. The van der Waals surface area contributed by atoms with Crippen LogP contribution in [0, 0.1) is 0 Å². The van der Waals surface area contributed by atoms with Crippen LogP contribution in [-0.4, -0.2) is 42.4 Å². The summed E-state index contributed by atoms with van der Waals surface area (Å²) in [6.07, 6.45) is 3.24. The molecule has 0 amide bonds. The number of benzene rings is 2. The minimum absolute atomic E-state index is 0.0785. The minimum Gasteiger partial charge on any atom is -0.478 e. The van der Waals surface area contributed by atoms with Gasteiger partial charge in [-0.1, -0.05) is 6.58 Å². The van der Waals surface area contributed by atoms with Crippen molar-refractivity contribution in [3.8, 4) is 11.5 Å². The van der Waals surface area contributed by atoms with E-state index in [1.54, 1.807) is 0 Å². The Hall–Kier alpha value is -4.14. The number of ether oxygens (including phenoxy) is 4. The summed E-state index contributed by atoms with van der Waals surface area (Å²) in [5.41, 5.74) is 0.298. The number of esters is 2. The number of aromatic carboxylic acids is 1. The normalized spacial score (nSPS) is 10.1. The zero-order valence-electron chi connectivity index (χ0n) is 17.9. The standard InChI is InChI=1S/C24H24O9/c1-2-21(25)30-15-5-3-4-6-16-31-24(29)33-20-13-9-18(10-14-20)23(28)32-19-11-7-17(8-12-19)22(26)27/h2,7-14H,1,3-6,15-16H2,(H,26,27). The average Bonchev–Trinajstić information content (AvgIpc) is 2.81. The number of rotatable bonds is 12. The summed E-state index contributed by atoms with van der Waals surface area (Å²) in [6, 6.07) is 11.1. The minimum atomic E-state index is -1.08. The van der Waals surface area contributed by atoms with Crippen LogP contribution in [0.4, 0.5) is 4.79 Å². The van der Waals surface area contributed by atoms with Gasteiger partial charge in [-0.3, -0.25) is 0 Å². The lowest BCUT2D eigenvalue weighted by atomic mass is 10.2. The molecule has 0 bridgehead atoms. The molecule has 0 spiro atoms. The third-order valence-electron chi connectivity index (χ3n) is 4.27. The van der Waals surface area contributed by atoms with Gasteiger partial charge < -0.3 is 24.1 Å².